The number of amidine groups is 2. The van der Waals surface area contributed by atoms with E-state index in [0.29, 0.717) is 28.2 Å². The molecule has 2 aliphatic rings. The first kappa shape index (κ1) is 23.9. The minimum absolute atomic E-state index is 0.0718. The van der Waals surface area contributed by atoms with Crippen molar-refractivity contribution in [2.24, 2.45) is 20.0 Å². The molecule has 0 saturated heterocycles. The molecule has 3 aromatic rings. The van der Waals surface area contributed by atoms with Gasteiger partial charge in [0, 0.05) is 35.5 Å². The molecular formula is C27H25N7O3. The maximum atomic E-state index is 12.9. The van der Waals surface area contributed by atoms with E-state index in [9.17, 15) is 10.1 Å². The van der Waals surface area contributed by atoms with Gasteiger partial charge in [0.25, 0.3) is 11.8 Å². The highest BCUT2D eigenvalue weighted by atomic mass is 17.1. The van der Waals surface area contributed by atoms with Crippen LogP contribution in [0.5, 0.6) is 0 Å². The maximum absolute atomic E-state index is 12.9. The molecule has 4 N–H and O–H groups in total. The molecule has 10 heteroatoms. The van der Waals surface area contributed by atoms with Crippen molar-refractivity contribution in [1.29, 1.82) is 0 Å². The molecule has 0 radical (unpaired) electrons. The fraction of sp³-hybridized carbons (Fsp3) is 0.148. The van der Waals surface area contributed by atoms with Gasteiger partial charge in [0.1, 0.15) is 11.7 Å². The normalized spacial score (nSPS) is 14.8. The minimum atomic E-state index is -0.317. The lowest BCUT2D eigenvalue weighted by atomic mass is 10.1. The number of aliphatic imine (C=N–C) groups is 4. The molecule has 2 heterocycles. The SMILES string of the molecule is C=Nc1cc(C(=O)Nc2ccc(C3=NCCN3)cc2)ccc1C(=Nc1ccc(C2=NCCN2)cc1)OO. The summed E-state index contributed by atoms with van der Waals surface area (Å²) >= 11 is 0. The smallest absolute Gasteiger partial charge is 0.265 e. The molecule has 0 aromatic heterocycles. The molecule has 37 heavy (non-hydrogen) atoms. The zero-order valence-corrected chi connectivity index (χ0v) is 19.9. The highest BCUT2D eigenvalue weighted by Gasteiger charge is 2.16. The van der Waals surface area contributed by atoms with Crippen LogP contribution in [0.1, 0.15) is 27.0 Å². The van der Waals surface area contributed by atoms with E-state index in [-0.39, 0.29) is 11.8 Å². The Bertz CT molecular complexity index is 1410. The van der Waals surface area contributed by atoms with Crippen molar-refractivity contribution >= 4 is 47.3 Å². The number of nitrogens with one attached hydrogen (secondary N) is 3. The summed E-state index contributed by atoms with van der Waals surface area (Å²) in [5.41, 5.74) is 4.20. The summed E-state index contributed by atoms with van der Waals surface area (Å²) < 4.78 is 0. The van der Waals surface area contributed by atoms with E-state index in [0.717, 1.165) is 49.0 Å². The van der Waals surface area contributed by atoms with Crippen LogP contribution in [0.15, 0.2) is 86.7 Å². The van der Waals surface area contributed by atoms with Crippen molar-refractivity contribution in [3.8, 4) is 0 Å². The quantitative estimate of drug-likeness (QED) is 0.172. The van der Waals surface area contributed by atoms with E-state index in [2.05, 4.69) is 47.5 Å². The summed E-state index contributed by atoms with van der Waals surface area (Å²) in [6.45, 7) is 6.76. The summed E-state index contributed by atoms with van der Waals surface area (Å²) in [7, 11) is 0. The van der Waals surface area contributed by atoms with Crippen LogP contribution < -0.4 is 16.0 Å². The van der Waals surface area contributed by atoms with E-state index in [4.69, 9.17) is 0 Å². The van der Waals surface area contributed by atoms with Gasteiger partial charge >= 0.3 is 0 Å². The highest BCUT2D eigenvalue weighted by Crippen LogP contribution is 2.25. The second-order valence-corrected chi connectivity index (χ2v) is 8.29. The van der Waals surface area contributed by atoms with Crippen molar-refractivity contribution in [1.82, 2.24) is 10.6 Å². The third kappa shape index (κ3) is 5.39. The summed E-state index contributed by atoms with van der Waals surface area (Å²) in [4.78, 5) is 34.6. The number of hydrogen-bond acceptors (Lipinski definition) is 9. The summed E-state index contributed by atoms with van der Waals surface area (Å²) in [6.07, 6.45) is 0. The third-order valence-electron chi connectivity index (χ3n) is 5.88. The van der Waals surface area contributed by atoms with Gasteiger partial charge in [-0.15, -0.1) is 0 Å². The lowest BCUT2D eigenvalue weighted by molar-refractivity contribution is -0.153. The van der Waals surface area contributed by atoms with Gasteiger partial charge in [-0.25, -0.2) is 10.2 Å². The Morgan fingerprint density at radius 1 is 0.919 bits per heavy atom. The zero-order valence-electron chi connectivity index (χ0n) is 19.9. The van der Waals surface area contributed by atoms with Crippen molar-refractivity contribution < 1.29 is 14.9 Å². The monoisotopic (exact) mass is 495 g/mol. The van der Waals surface area contributed by atoms with Gasteiger partial charge in [0.15, 0.2) is 0 Å². The third-order valence-corrected chi connectivity index (χ3v) is 5.88. The summed E-state index contributed by atoms with van der Waals surface area (Å²) in [5, 5.41) is 18.9. The second-order valence-electron chi connectivity index (χ2n) is 8.29. The fourth-order valence-electron chi connectivity index (χ4n) is 4.02. The zero-order chi connectivity index (χ0) is 25.6. The molecule has 3 aromatic carbocycles. The number of carbonyl (C=O) groups is 1. The molecule has 0 bridgehead atoms. The fourth-order valence-corrected chi connectivity index (χ4v) is 4.02. The van der Waals surface area contributed by atoms with Crippen LogP contribution in [0.25, 0.3) is 0 Å². The Kier molecular flexibility index (Phi) is 7.00. The molecule has 0 saturated carbocycles. The van der Waals surface area contributed by atoms with Gasteiger partial charge in [0.2, 0.25) is 0 Å². The van der Waals surface area contributed by atoms with E-state index in [1.165, 1.54) is 0 Å². The first-order valence-electron chi connectivity index (χ1n) is 11.7. The lowest BCUT2D eigenvalue weighted by Gasteiger charge is -2.10. The molecule has 10 nitrogen and oxygen atoms in total. The molecule has 0 aliphatic carbocycles. The summed E-state index contributed by atoms with van der Waals surface area (Å²) in [6, 6.07) is 19.6. The van der Waals surface area contributed by atoms with Gasteiger partial charge < -0.3 is 20.8 Å². The molecular weight excluding hydrogens is 470 g/mol. The number of amides is 1. The van der Waals surface area contributed by atoms with Crippen LogP contribution in [0.4, 0.5) is 17.1 Å². The predicted octanol–water partition coefficient (Wildman–Crippen LogP) is 3.54. The lowest BCUT2D eigenvalue weighted by Crippen LogP contribution is -2.19. The predicted molar refractivity (Wildman–Crippen MR) is 145 cm³/mol. The van der Waals surface area contributed by atoms with E-state index in [1.807, 2.05) is 36.4 Å². The van der Waals surface area contributed by atoms with Crippen LogP contribution in [0.2, 0.25) is 0 Å². The van der Waals surface area contributed by atoms with Crippen molar-refractivity contribution in [3.05, 3.63) is 89.0 Å². The molecule has 0 atom stereocenters. The molecule has 0 unspecified atom stereocenters. The Balaban J connectivity index is 1.32. The molecule has 186 valence electrons. The largest absolute Gasteiger partial charge is 0.368 e. The number of carbonyl (C=O) groups excluding carboxylic acids is 1. The van der Waals surface area contributed by atoms with E-state index < -0.39 is 0 Å². The molecule has 1 amide bonds. The second kappa shape index (κ2) is 10.8. The molecule has 5 rings (SSSR count). The maximum Gasteiger partial charge on any atom is 0.265 e. The van der Waals surface area contributed by atoms with Crippen LogP contribution >= 0.6 is 0 Å². The first-order valence-corrected chi connectivity index (χ1v) is 11.7. The number of nitrogens with zero attached hydrogens (tertiary/aromatic N) is 4. The Morgan fingerprint density at radius 3 is 2.08 bits per heavy atom. The number of anilines is 1. The average Bonchev–Trinajstić information content (AvgIpc) is 3.67. The molecule has 0 spiro atoms. The Hall–Kier alpha value is -4.83. The Morgan fingerprint density at radius 2 is 1.54 bits per heavy atom. The summed E-state index contributed by atoms with van der Waals surface area (Å²) in [5.74, 6) is 1.31. The van der Waals surface area contributed by atoms with Crippen molar-refractivity contribution in [2.75, 3.05) is 31.5 Å². The Labute approximate surface area is 213 Å². The van der Waals surface area contributed by atoms with Crippen LogP contribution in [0, 0.1) is 0 Å². The number of rotatable bonds is 7. The van der Waals surface area contributed by atoms with Crippen molar-refractivity contribution in [2.45, 2.75) is 0 Å². The number of hydrogen-bond donors (Lipinski definition) is 4. The van der Waals surface area contributed by atoms with Crippen LogP contribution in [0.3, 0.4) is 0 Å². The molecule has 0 fully saturated rings. The van der Waals surface area contributed by atoms with E-state index >= 15 is 0 Å². The topological polar surface area (TPSA) is 132 Å². The minimum Gasteiger partial charge on any atom is -0.368 e. The number of benzene rings is 3. The van der Waals surface area contributed by atoms with Gasteiger partial charge in [-0.05, 0) is 73.4 Å². The van der Waals surface area contributed by atoms with Gasteiger partial charge in [0.05, 0.1) is 30.0 Å². The van der Waals surface area contributed by atoms with Crippen molar-refractivity contribution in [3.63, 3.8) is 0 Å². The first-order chi connectivity index (χ1) is 18.1. The molecule has 2 aliphatic heterocycles. The standard InChI is InChI=1S/C27H25N7O3/c1-28-23-16-19(26(35)33-20-7-2-17(3-8-20)24-29-12-13-30-24)6-11-22(23)27(37-36)34-21-9-4-18(5-10-21)25-31-14-15-32-25/h2-11,16,36H,1,12-15H2,(H,29,30)(H,31,32)(H,33,35). The van der Waals surface area contributed by atoms with Gasteiger partial charge in [-0.3, -0.25) is 19.8 Å². The van der Waals surface area contributed by atoms with Crippen LogP contribution in [-0.4, -0.2) is 61.6 Å². The van der Waals surface area contributed by atoms with Gasteiger partial charge in [-0.1, -0.05) is 0 Å². The van der Waals surface area contributed by atoms with Crippen LogP contribution in [-0.2, 0) is 4.89 Å². The van der Waals surface area contributed by atoms with E-state index in [1.54, 1.807) is 30.3 Å². The van der Waals surface area contributed by atoms with Gasteiger partial charge in [-0.2, -0.15) is 0 Å². The highest BCUT2D eigenvalue weighted by molar-refractivity contribution is 6.07. The average molecular weight is 496 g/mol.